The lowest BCUT2D eigenvalue weighted by molar-refractivity contribution is -0.116. The molecule has 0 fully saturated rings. The molecule has 1 amide bonds. The highest BCUT2D eigenvalue weighted by Crippen LogP contribution is 2.36. The number of aryl methyl sites for hydroxylation is 1. The van der Waals surface area contributed by atoms with Gasteiger partial charge in [-0.15, -0.1) is 12.4 Å². The van der Waals surface area contributed by atoms with E-state index in [-0.39, 0.29) is 30.0 Å². The van der Waals surface area contributed by atoms with Crippen LogP contribution in [0.25, 0.3) is 0 Å². The predicted molar refractivity (Wildman–Crippen MR) is 94.7 cm³/mol. The Bertz CT molecular complexity index is 640. The van der Waals surface area contributed by atoms with Gasteiger partial charge in [0.25, 0.3) is 0 Å². The zero-order valence-electron chi connectivity index (χ0n) is 14.0. The number of nitrogens with one attached hydrogen (secondary N) is 2. The lowest BCUT2D eigenvalue weighted by Gasteiger charge is -2.30. The average Bonchev–Trinajstić information content (AvgIpc) is 2.46. The van der Waals surface area contributed by atoms with Crippen molar-refractivity contribution in [2.75, 3.05) is 11.9 Å². The molecule has 0 spiro atoms. The van der Waals surface area contributed by atoms with Crippen LogP contribution in [0.3, 0.4) is 0 Å². The quantitative estimate of drug-likeness (QED) is 0.892. The Labute approximate surface area is 143 Å². The van der Waals surface area contributed by atoms with E-state index < -0.39 is 0 Å². The maximum atomic E-state index is 13.0. The van der Waals surface area contributed by atoms with Crippen LogP contribution in [0.2, 0.25) is 0 Å². The summed E-state index contributed by atoms with van der Waals surface area (Å²) in [6.07, 6.45) is 3.03. The molecule has 1 aromatic carbocycles. The van der Waals surface area contributed by atoms with E-state index in [1.807, 2.05) is 13.0 Å². The van der Waals surface area contributed by atoms with Gasteiger partial charge in [-0.25, -0.2) is 0 Å². The fraction of sp³-hybridized carbons (Fsp3) is 0.556. The number of anilines is 1. The van der Waals surface area contributed by atoms with Crippen LogP contribution in [0.4, 0.5) is 5.69 Å². The molecule has 1 atom stereocenters. The number of halogens is 1. The summed E-state index contributed by atoms with van der Waals surface area (Å²) < 4.78 is 0. The Hall–Kier alpha value is -1.39. The van der Waals surface area contributed by atoms with Crippen LogP contribution < -0.4 is 10.6 Å². The van der Waals surface area contributed by atoms with E-state index >= 15 is 0 Å². The summed E-state index contributed by atoms with van der Waals surface area (Å²) in [6, 6.07) is 2.42. The molecule has 5 heteroatoms. The topological polar surface area (TPSA) is 58.2 Å². The molecule has 1 aromatic rings. The van der Waals surface area contributed by atoms with Crippen LogP contribution in [0, 0.1) is 12.8 Å². The molecule has 4 nitrogen and oxygen atoms in total. The van der Waals surface area contributed by atoms with Gasteiger partial charge in [-0.1, -0.05) is 13.8 Å². The molecular formula is C18H25ClN2O2. The van der Waals surface area contributed by atoms with Crippen LogP contribution in [0.15, 0.2) is 6.07 Å². The first-order chi connectivity index (χ1) is 10.5. The first-order valence-electron chi connectivity index (χ1n) is 8.20. The van der Waals surface area contributed by atoms with E-state index in [1.165, 1.54) is 5.56 Å². The smallest absolute Gasteiger partial charge is 0.224 e. The number of rotatable bonds is 3. The summed E-state index contributed by atoms with van der Waals surface area (Å²) in [4.78, 5) is 24.6. The van der Waals surface area contributed by atoms with Crippen LogP contribution >= 0.6 is 12.4 Å². The van der Waals surface area contributed by atoms with Crippen LogP contribution in [-0.2, 0) is 17.6 Å². The fourth-order valence-corrected chi connectivity index (χ4v) is 3.57. The first-order valence-corrected chi connectivity index (χ1v) is 8.20. The van der Waals surface area contributed by atoms with Crippen molar-refractivity contribution in [3.05, 3.63) is 28.3 Å². The number of benzene rings is 1. The van der Waals surface area contributed by atoms with Gasteiger partial charge in [0.15, 0.2) is 5.78 Å². The Kier molecular flexibility index (Phi) is 5.48. The van der Waals surface area contributed by atoms with Gasteiger partial charge >= 0.3 is 0 Å². The third-order valence-corrected chi connectivity index (χ3v) is 4.77. The molecule has 1 aliphatic heterocycles. The molecular weight excluding hydrogens is 312 g/mol. The summed E-state index contributed by atoms with van der Waals surface area (Å²) >= 11 is 0. The Morgan fingerprint density at radius 3 is 2.65 bits per heavy atom. The van der Waals surface area contributed by atoms with Crippen molar-refractivity contribution in [3.63, 3.8) is 0 Å². The second-order valence-corrected chi connectivity index (χ2v) is 6.78. The van der Waals surface area contributed by atoms with Gasteiger partial charge in [0.1, 0.15) is 0 Å². The second kappa shape index (κ2) is 7.02. The third kappa shape index (κ3) is 3.43. The Morgan fingerprint density at radius 2 is 1.96 bits per heavy atom. The Balaban J connectivity index is 0.00000192. The maximum absolute atomic E-state index is 13.0. The number of amides is 1. The van der Waals surface area contributed by atoms with E-state index in [4.69, 9.17) is 0 Å². The van der Waals surface area contributed by atoms with Crippen molar-refractivity contribution in [1.82, 2.24) is 5.32 Å². The second-order valence-electron chi connectivity index (χ2n) is 6.78. The molecule has 23 heavy (non-hydrogen) atoms. The van der Waals surface area contributed by atoms with Gasteiger partial charge in [-0.3, -0.25) is 9.59 Å². The van der Waals surface area contributed by atoms with Crippen LogP contribution in [-0.4, -0.2) is 24.3 Å². The fourth-order valence-electron chi connectivity index (χ4n) is 3.57. The number of hydrogen-bond donors (Lipinski definition) is 2. The highest BCUT2D eigenvalue weighted by Gasteiger charge is 2.33. The SMILES string of the molecule is Cc1cc2c(c3c1CCC(CNC(C)C)C3=O)CCC(=O)N2.Cl. The zero-order chi connectivity index (χ0) is 15.9. The van der Waals surface area contributed by atoms with E-state index in [9.17, 15) is 9.59 Å². The number of Topliss-reactive ketones (excluding diaryl/α,β-unsaturated/α-hetero) is 1. The van der Waals surface area contributed by atoms with Crippen LogP contribution in [0.1, 0.15) is 53.7 Å². The molecule has 3 rings (SSSR count). The molecule has 1 heterocycles. The zero-order valence-corrected chi connectivity index (χ0v) is 14.8. The molecule has 1 aliphatic carbocycles. The minimum Gasteiger partial charge on any atom is -0.326 e. The van der Waals surface area contributed by atoms with Gasteiger partial charge in [-0.2, -0.15) is 0 Å². The molecule has 0 bridgehead atoms. The van der Waals surface area contributed by atoms with E-state index in [1.54, 1.807) is 0 Å². The van der Waals surface area contributed by atoms with Crippen molar-refractivity contribution in [3.8, 4) is 0 Å². The van der Waals surface area contributed by atoms with E-state index in [0.717, 1.165) is 41.8 Å². The molecule has 0 saturated carbocycles. The molecule has 126 valence electrons. The molecule has 0 saturated heterocycles. The van der Waals surface area contributed by atoms with Crippen LogP contribution in [0.5, 0.6) is 0 Å². The van der Waals surface area contributed by atoms with Crippen molar-refractivity contribution < 1.29 is 9.59 Å². The van der Waals surface area contributed by atoms with Gasteiger partial charge in [0, 0.05) is 36.2 Å². The summed E-state index contributed by atoms with van der Waals surface area (Å²) in [7, 11) is 0. The van der Waals surface area contributed by atoms with E-state index in [0.29, 0.717) is 18.9 Å². The largest absolute Gasteiger partial charge is 0.326 e. The van der Waals surface area contributed by atoms with Gasteiger partial charge < -0.3 is 10.6 Å². The Morgan fingerprint density at radius 1 is 1.22 bits per heavy atom. The van der Waals surface area contributed by atoms with E-state index in [2.05, 4.69) is 24.5 Å². The van der Waals surface area contributed by atoms with Gasteiger partial charge in [-0.05, 0) is 48.9 Å². The number of hydrogen-bond acceptors (Lipinski definition) is 3. The third-order valence-electron chi connectivity index (χ3n) is 4.77. The highest BCUT2D eigenvalue weighted by atomic mass is 35.5. The monoisotopic (exact) mass is 336 g/mol. The summed E-state index contributed by atoms with van der Waals surface area (Å²) in [5.41, 5.74) is 5.12. The van der Waals surface area contributed by atoms with Crippen molar-refractivity contribution >= 4 is 29.8 Å². The average molecular weight is 337 g/mol. The summed E-state index contributed by atoms with van der Waals surface area (Å²) in [5.74, 6) is 0.358. The molecule has 0 aromatic heterocycles. The van der Waals surface area contributed by atoms with Gasteiger partial charge in [0.05, 0.1) is 0 Å². The predicted octanol–water partition coefficient (Wildman–Crippen LogP) is 3.04. The number of carbonyl (C=O) groups is 2. The molecule has 1 unspecified atom stereocenters. The summed E-state index contributed by atoms with van der Waals surface area (Å²) in [5, 5.41) is 6.32. The standard InChI is InChI=1S/C18H24N2O2.ClH/c1-10(2)19-9-12-4-5-13-11(3)8-15-14(17(13)18(12)22)6-7-16(21)20-15;/h8,10,12,19H,4-7,9H2,1-3H3,(H,20,21);1H. The number of fused-ring (bicyclic) bond motifs is 3. The molecule has 2 aliphatic rings. The van der Waals surface area contributed by atoms with Crippen molar-refractivity contribution in [1.29, 1.82) is 0 Å². The lowest BCUT2D eigenvalue weighted by atomic mass is 9.76. The minimum atomic E-state index is 0. The number of carbonyl (C=O) groups excluding carboxylic acids is 2. The highest BCUT2D eigenvalue weighted by molar-refractivity contribution is 6.05. The normalized spacial score (nSPS) is 19.7. The lowest BCUT2D eigenvalue weighted by Crippen LogP contribution is -2.36. The van der Waals surface area contributed by atoms with Crippen molar-refractivity contribution in [2.45, 2.75) is 52.5 Å². The first kappa shape index (κ1) is 18.0. The number of ketones is 1. The summed E-state index contributed by atoms with van der Waals surface area (Å²) in [6.45, 7) is 6.98. The van der Waals surface area contributed by atoms with Gasteiger partial charge in [0.2, 0.25) is 5.91 Å². The minimum absolute atomic E-state index is 0. The molecule has 2 N–H and O–H groups in total. The van der Waals surface area contributed by atoms with Crippen molar-refractivity contribution in [2.24, 2.45) is 5.92 Å². The molecule has 0 radical (unpaired) electrons. The maximum Gasteiger partial charge on any atom is 0.224 e.